The van der Waals surface area contributed by atoms with Crippen LogP contribution in [0.2, 0.25) is 5.02 Å². The maximum absolute atomic E-state index is 12.7. The van der Waals surface area contributed by atoms with E-state index in [4.69, 9.17) is 16.3 Å². The first-order chi connectivity index (χ1) is 12.4. The minimum Gasteiger partial charge on any atom is -0.481 e. The molecule has 3 rings (SSSR count). The standard InChI is InChI=1S/C19H14ClF3N2O/c1-26-18-17(13-3-2-4-15(20)10-13)14(7-8-24-18)9-12-5-6-16(25-11-12)19(21,22)23/h2-8,10-11H,9H2,1H3. The van der Waals surface area contributed by atoms with Crippen molar-refractivity contribution in [3.05, 3.63) is 76.7 Å². The van der Waals surface area contributed by atoms with Crippen LogP contribution in [-0.2, 0) is 12.6 Å². The minimum absolute atomic E-state index is 0.381. The monoisotopic (exact) mass is 378 g/mol. The third kappa shape index (κ3) is 3.96. The lowest BCUT2D eigenvalue weighted by Gasteiger charge is -2.14. The maximum atomic E-state index is 12.7. The Morgan fingerprint density at radius 1 is 1.08 bits per heavy atom. The van der Waals surface area contributed by atoms with Gasteiger partial charge in [-0.3, -0.25) is 4.98 Å². The number of nitrogens with zero attached hydrogens (tertiary/aromatic N) is 2. The van der Waals surface area contributed by atoms with Crippen molar-refractivity contribution in [3.8, 4) is 17.0 Å². The van der Waals surface area contributed by atoms with E-state index in [9.17, 15) is 13.2 Å². The Morgan fingerprint density at radius 3 is 2.50 bits per heavy atom. The molecule has 26 heavy (non-hydrogen) atoms. The normalized spacial score (nSPS) is 11.4. The molecule has 7 heteroatoms. The first-order valence-corrected chi connectivity index (χ1v) is 8.06. The van der Waals surface area contributed by atoms with Gasteiger partial charge in [-0.05, 0) is 47.4 Å². The Bertz CT molecular complexity index is 911. The average molecular weight is 379 g/mol. The fourth-order valence-electron chi connectivity index (χ4n) is 2.65. The number of rotatable bonds is 4. The van der Waals surface area contributed by atoms with E-state index in [1.165, 1.54) is 19.4 Å². The zero-order valence-corrected chi connectivity index (χ0v) is 14.5. The highest BCUT2D eigenvalue weighted by molar-refractivity contribution is 6.30. The third-order valence-corrected chi connectivity index (χ3v) is 4.05. The molecule has 0 aliphatic heterocycles. The highest BCUT2D eigenvalue weighted by Crippen LogP contribution is 2.34. The number of hydrogen-bond acceptors (Lipinski definition) is 3. The van der Waals surface area contributed by atoms with E-state index in [1.807, 2.05) is 12.1 Å². The molecule has 3 aromatic rings. The molecule has 0 radical (unpaired) electrons. The van der Waals surface area contributed by atoms with Crippen molar-refractivity contribution in [3.63, 3.8) is 0 Å². The predicted molar refractivity (Wildman–Crippen MR) is 93.3 cm³/mol. The van der Waals surface area contributed by atoms with Crippen LogP contribution in [0, 0.1) is 0 Å². The van der Waals surface area contributed by atoms with Crippen LogP contribution in [0.4, 0.5) is 13.2 Å². The van der Waals surface area contributed by atoms with Crippen molar-refractivity contribution in [1.29, 1.82) is 0 Å². The Kier molecular flexibility index (Phi) is 5.13. The van der Waals surface area contributed by atoms with Crippen LogP contribution < -0.4 is 4.74 Å². The predicted octanol–water partition coefficient (Wildman–Crippen LogP) is 5.42. The molecule has 3 nitrogen and oxygen atoms in total. The summed E-state index contributed by atoms with van der Waals surface area (Å²) in [4.78, 5) is 7.73. The van der Waals surface area contributed by atoms with E-state index in [0.29, 0.717) is 22.9 Å². The second-order valence-corrected chi connectivity index (χ2v) is 6.03. The van der Waals surface area contributed by atoms with E-state index in [-0.39, 0.29) is 0 Å². The number of benzene rings is 1. The first-order valence-electron chi connectivity index (χ1n) is 7.68. The van der Waals surface area contributed by atoms with Crippen LogP contribution in [0.25, 0.3) is 11.1 Å². The van der Waals surface area contributed by atoms with E-state index in [1.54, 1.807) is 24.4 Å². The Hall–Kier alpha value is -2.60. The Labute approximate surface area is 153 Å². The van der Waals surface area contributed by atoms with E-state index in [2.05, 4.69) is 9.97 Å². The third-order valence-electron chi connectivity index (χ3n) is 3.82. The van der Waals surface area contributed by atoms with Gasteiger partial charge in [0.25, 0.3) is 0 Å². The molecule has 0 aliphatic carbocycles. The zero-order chi connectivity index (χ0) is 18.7. The van der Waals surface area contributed by atoms with Gasteiger partial charge < -0.3 is 4.74 Å². The number of ether oxygens (including phenoxy) is 1. The van der Waals surface area contributed by atoms with Gasteiger partial charge in [-0.2, -0.15) is 13.2 Å². The molecule has 0 saturated heterocycles. The van der Waals surface area contributed by atoms with Gasteiger partial charge in [0.15, 0.2) is 0 Å². The van der Waals surface area contributed by atoms with Crippen molar-refractivity contribution in [2.75, 3.05) is 7.11 Å². The summed E-state index contributed by atoms with van der Waals surface area (Å²) in [5.74, 6) is 0.421. The molecule has 0 N–H and O–H groups in total. The summed E-state index contributed by atoms with van der Waals surface area (Å²) in [6.45, 7) is 0. The largest absolute Gasteiger partial charge is 0.481 e. The van der Waals surface area contributed by atoms with Crippen LogP contribution in [0.5, 0.6) is 5.88 Å². The molecule has 0 amide bonds. The molecule has 0 fully saturated rings. The summed E-state index contributed by atoms with van der Waals surface area (Å²) in [6.07, 6.45) is -1.24. The molecular weight excluding hydrogens is 365 g/mol. The Morgan fingerprint density at radius 2 is 1.88 bits per heavy atom. The van der Waals surface area contributed by atoms with Gasteiger partial charge in [0.05, 0.1) is 7.11 Å². The summed E-state index contributed by atoms with van der Waals surface area (Å²) < 4.78 is 43.4. The minimum atomic E-state index is -4.45. The van der Waals surface area contributed by atoms with Gasteiger partial charge in [-0.25, -0.2) is 4.98 Å². The highest BCUT2D eigenvalue weighted by Gasteiger charge is 2.32. The SMILES string of the molecule is COc1nccc(Cc2ccc(C(F)(F)F)nc2)c1-c1cccc(Cl)c1. The molecule has 0 aliphatic rings. The zero-order valence-electron chi connectivity index (χ0n) is 13.7. The summed E-state index contributed by atoms with van der Waals surface area (Å²) in [7, 11) is 1.51. The van der Waals surface area contributed by atoms with Gasteiger partial charge in [-0.15, -0.1) is 0 Å². The fourth-order valence-corrected chi connectivity index (χ4v) is 2.84. The molecule has 0 saturated carbocycles. The summed E-state index contributed by atoms with van der Waals surface area (Å²) in [6, 6.07) is 11.4. The maximum Gasteiger partial charge on any atom is 0.433 e. The van der Waals surface area contributed by atoms with Crippen molar-refractivity contribution >= 4 is 11.6 Å². The van der Waals surface area contributed by atoms with Crippen LogP contribution in [0.3, 0.4) is 0 Å². The van der Waals surface area contributed by atoms with Crippen molar-refractivity contribution in [1.82, 2.24) is 9.97 Å². The van der Waals surface area contributed by atoms with Crippen molar-refractivity contribution in [2.24, 2.45) is 0 Å². The second kappa shape index (κ2) is 7.33. The number of methoxy groups -OCH3 is 1. The smallest absolute Gasteiger partial charge is 0.433 e. The number of alkyl halides is 3. The summed E-state index contributed by atoms with van der Waals surface area (Å²) >= 11 is 6.09. The summed E-state index contributed by atoms with van der Waals surface area (Å²) in [5, 5.41) is 0.565. The lowest BCUT2D eigenvalue weighted by Crippen LogP contribution is -2.08. The number of halogens is 4. The number of aromatic nitrogens is 2. The van der Waals surface area contributed by atoms with Gasteiger partial charge in [0, 0.05) is 23.0 Å². The van der Waals surface area contributed by atoms with E-state index >= 15 is 0 Å². The highest BCUT2D eigenvalue weighted by atomic mass is 35.5. The molecule has 2 heterocycles. The van der Waals surface area contributed by atoms with Gasteiger partial charge in [-0.1, -0.05) is 29.8 Å². The van der Waals surface area contributed by atoms with Gasteiger partial charge >= 0.3 is 6.18 Å². The van der Waals surface area contributed by atoms with Crippen LogP contribution in [-0.4, -0.2) is 17.1 Å². The Balaban J connectivity index is 2.00. The molecule has 134 valence electrons. The van der Waals surface area contributed by atoms with Gasteiger partial charge in [0.1, 0.15) is 5.69 Å². The van der Waals surface area contributed by atoms with Crippen molar-refractivity contribution < 1.29 is 17.9 Å². The van der Waals surface area contributed by atoms with Crippen molar-refractivity contribution in [2.45, 2.75) is 12.6 Å². The lowest BCUT2D eigenvalue weighted by molar-refractivity contribution is -0.141. The summed E-state index contributed by atoms with van der Waals surface area (Å²) in [5.41, 5.74) is 2.15. The van der Waals surface area contributed by atoms with E-state index in [0.717, 1.165) is 22.8 Å². The topological polar surface area (TPSA) is 35.0 Å². The van der Waals surface area contributed by atoms with Crippen LogP contribution in [0.15, 0.2) is 54.9 Å². The molecule has 0 atom stereocenters. The number of hydrogen-bond donors (Lipinski definition) is 0. The molecule has 0 unspecified atom stereocenters. The molecular formula is C19H14ClF3N2O. The van der Waals surface area contributed by atoms with E-state index < -0.39 is 11.9 Å². The number of pyridine rings is 2. The molecule has 1 aromatic carbocycles. The fraction of sp³-hybridized carbons (Fsp3) is 0.158. The molecule has 2 aromatic heterocycles. The van der Waals surface area contributed by atoms with Crippen LogP contribution >= 0.6 is 11.6 Å². The molecule has 0 spiro atoms. The van der Waals surface area contributed by atoms with Crippen LogP contribution in [0.1, 0.15) is 16.8 Å². The first kappa shape index (κ1) is 18.2. The second-order valence-electron chi connectivity index (χ2n) is 5.59. The average Bonchev–Trinajstić information content (AvgIpc) is 2.61. The van der Waals surface area contributed by atoms with Gasteiger partial charge in [0.2, 0.25) is 5.88 Å². The quantitative estimate of drug-likeness (QED) is 0.608. The molecule has 0 bridgehead atoms. The lowest BCUT2D eigenvalue weighted by atomic mass is 9.96.